The number of hydrogen-bond acceptors (Lipinski definition) is 0. The number of benzene rings is 1. The van der Waals surface area contributed by atoms with Crippen molar-refractivity contribution in [1.29, 1.82) is 0 Å². The van der Waals surface area contributed by atoms with Crippen LogP contribution in [0, 0.1) is 13.5 Å². The zero-order valence-corrected chi connectivity index (χ0v) is 9.36. The molecule has 0 unspecified atom stereocenters. The Labute approximate surface area is 77.9 Å². The average molecular weight is 304 g/mol. The standard InChI is InChI=1S/C8H9.CH3.W/c1-2-8-6-4-3-5-7-8;;/h3-6H,2H2,1H3;1H3;/q2*-1;+2. The summed E-state index contributed by atoms with van der Waals surface area (Å²) >= 11 is 0. The molecule has 1 aromatic carbocycles. The minimum absolute atomic E-state index is 0. The van der Waals surface area contributed by atoms with Crippen molar-refractivity contribution >= 4 is 0 Å². The third-order valence-electron chi connectivity index (χ3n) is 1.15. The monoisotopic (exact) mass is 304 g/mol. The maximum absolute atomic E-state index is 3.12. The van der Waals surface area contributed by atoms with Gasteiger partial charge >= 0.3 is 21.1 Å². The topological polar surface area (TPSA) is 0 Å². The molecule has 0 radical (unpaired) electrons. The van der Waals surface area contributed by atoms with Crippen molar-refractivity contribution in [3.63, 3.8) is 0 Å². The van der Waals surface area contributed by atoms with Crippen LogP contribution in [0.4, 0.5) is 0 Å². The Bertz CT molecular complexity index is 146. The van der Waals surface area contributed by atoms with Crippen molar-refractivity contribution in [2.45, 2.75) is 13.3 Å². The predicted molar refractivity (Wildman–Crippen MR) is 41.1 cm³/mol. The Hall–Kier alpha value is -0.0917. The van der Waals surface area contributed by atoms with E-state index in [0.717, 1.165) is 6.42 Å². The molecule has 0 saturated carbocycles. The Morgan fingerprint density at radius 2 is 2.10 bits per heavy atom. The van der Waals surface area contributed by atoms with Crippen LogP contribution in [-0.2, 0) is 27.5 Å². The fraction of sp³-hybridized carbons (Fsp3) is 0.222. The van der Waals surface area contributed by atoms with Gasteiger partial charge in [-0.25, -0.2) is 0 Å². The number of hydrogen-bond donors (Lipinski definition) is 0. The Kier molecular flexibility index (Phi) is 8.83. The smallest absolute Gasteiger partial charge is 0.358 e. The molecule has 0 aliphatic rings. The van der Waals surface area contributed by atoms with E-state index in [0.29, 0.717) is 0 Å². The molecule has 0 fully saturated rings. The zero-order valence-electron chi connectivity index (χ0n) is 6.42. The molecule has 0 heterocycles. The molecule has 1 aromatic rings. The van der Waals surface area contributed by atoms with Gasteiger partial charge in [0.1, 0.15) is 0 Å². The van der Waals surface area contributed by atoms with Crippen molar-refractivity contribution in [3.8, 4) is 0 Å². The van der Waals surface area contributed by atoms with Crippen LogP contribution in [0.3, 0.4) is 0 Å². The van der Waals surface area contributed by atoms with Crippen LogP contribution in [0.15, 0.2) is 24.3 Å². The minimum atomic E-state index is 0. The number of aryl methyl sites for hydroxylation is 1. The maximum Gasteiger partial charge on any atom is 2.00 e. The van der Waals surface area contributed by atoms with Gasteiger partial charge in [0.05, 0.1) is 0 Å². The molecule has 1 rings (SSSR count). The van der Waals surface area contributed by atoms with Crippen LogP contribution in [0.25, 0.3) is 0 Å². The molecule has 0 N–H and O–H groups in total. The Morgan fingerprint density at radius 1 is 1.40 bits per heavy atom. The molecular formula is C9H12W. The summed E-state index contributed by atoms with van der Waals surface area (Å²) in [5.74, 6) is 0. The Balaban J connectivity index is 0. The van der Waals surface area contributed by atoms with Gasteiger partial charge in [-0.1, -0.05) is 13.3 Å². The van der Waals surface area contributed by atoms with Crippen LogP contribution in [0.2, 0.25) is 0 Å². The van der Waals surface area contributed by atoms with Gasteiger partial charge in [0.15, 0.2) is 0 Å². The molecule has 0 nitrogen and oxygen atoms in total. The quantitative estimate of drug-likeness (QED) is 0.699. The second-order valence-corrected chi connectivity index (χ2v) is 1.74. The van der Waals surface area contributed by atoms with E-state index in [1.165, 1.54) is 5.56 Å². The normalized spacial score (nSPS) is 7.30. The van der Waals surface area contributed by atoms with E-state index in [1.54, 1.807) is 0 Å². The summed E-state index contributed by atoms with van der Waals surface area (Å²) in [4.78, 5) is 0. The largest absolute Gasteiger partial charge is 2.00 e. The summed E-state index contributed by atoms with van der Waals surface area (Å²) in [5, 5.41) is 0. The summed E-state index contributed by atoms with van der Waals surface area (Å²) < 4.78 is 0. The fourth-order valence-electron chi connectivity index (χ4n) is 0.650. The molecule has 54 valence electrons. The van der Waals surface area contributed by atoms with E-state index in [2.05, 4.69) is 19.1 Å². The molecule has 1 heteroatoms. The average Bonchev–Trinajstić information content (AvgIpc) is 1.90. The van der Waals surface area contributed by atoms with E-state index in [-0.39, 0.29) is 28.5 Å². The van der Waals surface area contributed by atoms with E-state index in [1.807, 2.05) is 18.2 Å². The van der Waals surface area contributed by atoms with Crippen molar-refractivity contribution in [3.05, 3.63) is 43.3 Å². The van der Waals surface area contributed by atoms with E-state index in [9.17, 15) is 0 Å². The summed E-state index contributed by atoms with van der Waals surface area (Å²) in [7, 11) is 0. The predicted octanol–water partition coefficient (Wildman–Crippen LogP) is 2.50. The van der Waals surface area contributed by atoms with Crippen molar-refractivity contribution in [2.75, 3.05) is 0 Å². The van der Waals surface area contributed by atoms with Crippen LogP contribution >= 0.6 is 0 Å². The first kappa shape index (κ1) is 12.6. The molecule has 0 amide bonds. The van der Waals surface area contributed by atoms with E-state index in [4.69, 9.17) is 0 Å². The Morgan fingerprint density at radius 3 is 2.40 bits per heavy atom. The molecule has 0 bridgehead atoms. The first-order valence-corrected chi connectivity index (χ1v) is 2.89. The van der Waals surface area contributed by atoms with Crippen molar-refractivity contribution < 1.29 is 21.1 Å². The zero-order chi connectivity index (χ0) is 5.82. The molecule has 0 aliphatic carbocycles. The van der Waals surface area contributed by atoms with Gasteiger partial charge in [-0.15, -0.1) is 0 Å². The second-order valence-electron chi connectivity index (χ2n) is 1.74. The fourth-order valence-corrected chi connectivity index (χ4v) is 0.650. The van der Waals surface area contributed by atoms with Gasteiger partial charge in [0.2, 0.25) is 0 Å². The molecule has 0 atom stereocenters. The third-order valence-corrected chi connectivity index (χ3v) is 1.15. The molecule has 0 aliphatic heterocycles. The van der Waals surface area contributed by atoms with E-state index < -0.39 is 0 Å². The van der Waals surface area contributed by atoms with Crippen LogP contribution in [0.5, 0.6) is 0 Å². The minimum Gasteiger partial charge on any atom is -0.358 e. The first-order chi connectivity index (χ1) is 3.93. The van der Waals surface area contributed by atoms with Crippen molar-refractivity contribution in [2.24, 2.45) is 0 Å². The molecule has 0 saturated heterocycles. The van der Waals surface area contributed by atoms with Crippen molar-refractivity contribution in [1.82, 2.24) is 0 Å². The van der Waals surface area contributed by atoms with Gasteiger partial charge in [-0.05, 0) is 0 Å². The summed E-state index contributed by atoms with van der Waals surface area (Å²) in [6, 6.07) is 11.2. The van der Waals surface area contributed by atoms with Gasteiger partial charge in [0.25, 0.3) is 0 Å². The third kappa shape index (κ3) is 3.84. The molecular weight excluding hydrogens is 292 g/mol. The first-order valence-electron chi connectivity index (χ1n) is 2.89. The van der Waals surface area contributed by atoms with Gasteiger partial charge in [0, 0.05) is 0 Å². The number of rotatable bonds is 1. The second kappa shape index (κ2) is 7.02. The molecule has 0 aromatic heterocycles. The SMILES string of the molecule is CCc1[c-]cccc1.[CH3-].[W+2]. The van der Waals surface area contributed by atoms with Gasteiger partial charge in [-0.3, -0.25) is 0 Å². The van der Waals surface area contributed by atoms with Crippen LogP contribution < -0.4 is 0 Å². The summed E-state index contributed by atoms with van der Waals surface area (Å²) in [5.41, 5.74) is 1.28. The maximum atomic E-state index is 3.12. The summed E-state index contributed by atoms with van der Waals surface area (Å²) in [6.07, 6.45) is 1.08. The summed E-state index contributed by atoms with van der Waals surface area (Å²) in [6.45, 7) is 2.13. The van der Waals surface area contributed by atoms with E-state index >= 15 is 0 Å². The van der Waals surface area contributed by atoms with Gasteiger partial charge < -0.3 is 7.43 Å². The van der Waals surface area contributed by atoms with Crippen LogP contribution in [-0.4, -0.2) is 0 Å². The van der Waals surface area contributed by atoms with Gasteiger partial charge in [-0.2, -0.15) is 35.9 Å². The molecule has 0 spiro atoms. The molecule has 10 heavy (non-hydrogen) atoms. The van der Waals surface area contributed by atoms with Crippen LogP contribution in [0.1, 0.15) is 12.5 Å².